The van der Waals surface area contributed by atoms with Crippen LogP contribution in [0.1, 0.15) is 245 Å². The van der Waals surface area contributed by atoms with Crippen LogP contribution in [-0.4, -0.2) is 49.3 Å². The summed E-state index contributed by atoms with van der Waals surface area (Å²) in [5, 5.41) is 0. The SMILES string of the molecule is CC/C=C\C/C=C\C/C=C\C/C=C\C/C=C\C/C=C\C/C=C\CCCCCC(=O)OC(COC(=O)CCCCCCCCCCCCCCCCCCCC/C=C\C/C=C\C/C=C\C/C=C\CC)COP(=O)(O)OCCN. The van der Waals surface area contributed by atoms with Crippen LogP contribution in [0.3, 0.4) is 0 Å². The molecule has 0 aromatic carbocycles. The molecule has 10 heteroatoms. The molecule has 0 radical (unpaired) electrons. The topological polar surface area (TPSA) is 134 Å². The normalized spacial score (nSPS) is 14.0. The predicted molar refractivity (Wildman–Crippen MR) is 330 cm³/mol. The summed E-state index contributed by atoms with van der Waals surface area (Å²) in [6.07, 6.45) is 86.6. The van der Waals surface area contributed by atoms with Crippen molar-refractivity contribution in [1.82, 2.24) is 0 Å². The Bertz CT molecular complexity index is 1720. The maximum absolute atomic E-state index is 12.7. The summed E-state index contributed by atoms with van der Waals surface area (Å²) in [6, 6.07) is 0. The summed E-state index contributed by atoms with van der Waals surface area (Å²) < 4.78 is 33.0. The number of carbonyl (C=O) groups excluding carboxylic acids is 2. The lowest BCUT2D eigenvalue weighted by Crippen LogP contribution is -2.29. The Labute approximate surface area is 472 Å². The molecule has 0 bridgehead atoms. The highest BCUT2D eigenvalue weighted by atomic mass is 31.2. The van der Waals surface area contributed by atoms with E-state index >= 15 is 0 Å². The van der Waals surface area contributed by atoms with E-state index in [0.717, 1.165) is 109 Å². The van der Waals surface area contributed by atoms with Gasteiger partial charge in [-0.1, -0.05) is 257 Å². The molecule has 2 unspecified atom stereocenters. The predicted octanol–water partition coefficient (Wildman–Crippen LogP) is 19.7. The van der Waals surface area contributed by atoms with Gasteiger partial charge in [-0.3, -0.25) is 18.6 Å². The van der Waals surface area contributed by atoms with E-state index in [9.17, 15) is 19.0 Å². The minimum atomic E-state index is -4.41. The maximum Gasteiger partial charge on any atom is 0.472 e. The lowest BCUT2D eigenvalue weighted by atomic mass is 10.0. The lowest BCUT2D eigenvalue weighted by Gasteiger charge is -2.19. The van der Waals surface area contributed by atoms with E-state index in [1.165, 1.54) is 103 Å². The molecule has 0 aliphatic rings. The van der Waals surface area contributed by atoms with Crippen LogP contribution in [0, 0.1) is 0 Å². The van der Waals surface area contributed by atoms with Crippen molar-refractivity contribution in [3.63, 3.8) is 0 Å². The Morgan fingerprint density at radius 2 is 0.675 bits per heavy atom. The third-order valence-corrected chi connectivity index (χ3v) is 13.5. The van der Waals surface area contributed by atoms with Gasteiger partial charge in [0.15, 0.2) is 6.10 Å². The zero-order chi connectivity index (χ0) is 55.9. The van der Waals surface area contributed by atoms with Gasteiger partial charge in [-0.15, -0.1) is 0 Å². The fraction of sp³-hybridized carbons (Fsp3) is 0.642. The maximum atomic E-state index is 12.7. The second-order valence-electron chi connectivity index (χ2n) is 19.8. The monoisotopic (exact) mass is 1090 g/mol. The van der Waals surface area contributed by atoms with E-state index in [0.29, 0.717) is 6.42 Å². The molecular weight excluding hydrogens is 978 g/mol. The van der Waals surface area contributed by atoms with Crippen LogP contribution in [0.25, 0.3) is 0 Å². The van der Waals surface area contributed by atoms with Crippen molar-refractivity contribution in [2.24, 2.45) is 5.73 Å². The van der Waals surface area contributed by atoms with Crippen LogP contribution < -0.4 is 5.73 Å². The van der Waals surface area contributed by atoms with Gasteiger partial charge in [0.1, 0.15) is 6.61 Å². The van der Waals surface area contributed by atoms with Crippen molar-refractivity contribution in [3.8, 4) is 0 Å². The number of phosphoric ester groups is 1. The van der Waals surface area contributed by atoms with Crippen molar-refractivity contribution in [2.45, 2.75) is 251 Å². The summed E-state index contributed by atoms with van der Waals surface area (Å²) in [5.41, 5.74) is 5.38. The molecule has 0 heterocycles. The minimum Gasteiger partial charge on any atom is -0.462 e. The standard InChI is InChI=1S/C67H112NO8P/c1-3-5-7-9-11-13-15-17-19-21-23-25-27-29-30-31-32-33-34-36-37-39-41-43-45-47-49-51-53-55-57-59-66(69)73-63-65(64-75-77(71,72)74-62-61-68)76-67(70)60-58-56-54-52-50-48-46-44-42-40-38-35-28-26-24-22-20-18-16-14-12-10-8-6-4-2/h5-8,11-14,17-20,23-26,35,38,42,44,48,50,65H,3-4,9-10,15-16,21-22,27-34,36-37,39-41,43,45-47,49,51-64,68H2,1-2H3,(H,71,72)/b7-5-,8-6-,13-11-,14-12-,19-17-,20-18-,25-23-,26-24-,38-35-,44-42-,50-48-. The number of unbranched alkanes of at least 4 members (excludes halogenated alkanes) is 21. The first kappa shape index (κ1) is 73.2. The van der Waals surface area contributed by atoms with Crippen LogP contribution in [0.15, 0.2) is 134 Å². The van der Waals surface area contributed by atoms with Crippen molar-refractivity contribution in [1.29, 1.82) is 0 Å². The molecule has 0 fully saturated rings. The first-order chi connectivity index (χ1) is 37.8. The number of phosphoric acid groups is 1. The molecule has 0 aliphatic heterocycles. The Kier molecular flexibility index (Phi) is 58.3. The number of hydrogen-bond donors (Lipinski definition) is 2. The molecule has 3 N–H and O–H groups in total. The smallest absolute Gasteiger partial charge is 0.462 e. The highest BCUT2D eigenvalue weighted by Crippen LogP contribution is 2.43. The number of nitrogens with two attached hydrogens (primary N) is 1. The first-order valence-corrected chi connectivity index (χ1v) is 32.2. The first-order valence-electron chi connectivity index (χ1n) is 30.7. The second kappa shape index (κ2) is 61.4. The molecular formula is C67H112NO8P. The van der Waals surface area contributed by atoms with Gasteiger partial charge in [0, 0.05) is 19.4 Å². The van der Waals surface area contributed by atoms with Gasteiger partial charge in [0.2, 0.25) is 0 Å². The van der Waals surface area contributed by atoms with Crippen LogP contribution in [-0.2, 0) is 32.7 Å². The van der Waals surface area contributed by atoms with E-state index in [1.54, 1.807) is 0 Å². The van der Waals surface area contributed by atoms with Gasteiger partial charge < -0.3 is 20.1 Å². The number of ether oxygens (including phenoxy) is 2. The molecule has 0 saturated carbocycles. The average Bonchev–Trinajstić information content (AvgIpc) is 3.42. The third kappa shape index (κ3) is 61.2. The molecule has 0 aliphatic carbocycles. The van der Waals surface area contributed by atoms with E-state index in [2.05, 4.69) is 148 Å². The molecule has 438 valence electrons. The molecule has 0 rings (SSSR count). The molecule has 0 aromatic rings. The van der Waals surface area contributed by atoms with E-state index < -0.39 is 32.5 Å². The molecule has 9 nitrogen and oxygen atoms in total. The minimum absolute atomic E-state index is 0.0414. The summed E-state index contributed by atoms with van der Waals surface area (Å²) in [7, 11) is -4.41. The Hall–Kier alpha value is -3.85. The Morgan fingerprint density at radius 1 is 0.390 bits per heavy atom. The van der Waals surface area contributed by atoms with Crippen molar-refractivity contribution < 1.29 is 37.6 Å². The molecule has 0 aromatic heterocycles. The van der Waals surface area contributed by atoms with Gasteiger partial charge in [0.25, 0.3) is 0 Å². The Balaban J connectivity index is 4.00. The van der Waals surface area contributed by atoms with Crippen molar-refractivity contribution in [2.75, 3.05) is 26.4 Å². The molecule has 0 amide bonds. The van der Waals surface area contributed by atoms with Crippen LogP contribution in [0.4, 0.5) is 0 Å². The van der Waals surface area contributed by atoms with Gasteiger partial charge in [0.05, 0.1) is 13.2 Å². The van der Waals surface area contributed by atoms with Crippen molar-refractivity contribution >= 4 is 19.8 Å². The number of hydrogen-bond acceptors (Lipinski definition) is 8. The van der Waals surface area contributed by atoms with Crippen LogP contribution in [0.2, 0.25) is 0 Å². The lowest BCUT2D eigenvalue weighted by molar-refractivity contribution is -0.161. The summed E-state index contributed by atoms with van der Waals surface area (Å²) in [6.45, 7) is 3.48. The largest absolute Gasteiger partial charge is 0.472 e. The molecule has 77 heavy (non-hydrogen) atoms. The van der Waals surface area contributed by atoms with Crippen molar-refractivity contribution in [3.05, 3.63) is 134 Å². The highest BCUT2D eigenvalue weighted by molar-refractivity contribution is 7.47. The summed E-state index contributed by atoms with van der Waals surface area (Å²) >= 11 is 0. The van der Waals surface area contributed by atoms with Gasteiger partial charge in [-0.2, -0.15) is 0 Å². The fourth-order valence-corrected chi connectivity index (χ4v) is 8.84. The number of esters is 2. The third-order valence-electron chi connectivity index (χ3n) is 12.5. The van der Waals surface area contributed by atoms with Gasteiger partial charge in [-0.05, 0) is 109 Å². The average molecular weight is 1090 g/mol. The number of allylic oxidation sites excluding steroid dienone is 22. The van der Waals surface area contributed by atoms with Crippen LogP contribution >= 0.6 is 7.82 Å². The Morgan fingerprint density at radius 3 is 1.01 bits per heavy atom. The zero-order valence-corrected chi connectivity index (χ0v) is 49.8. The summed E-state index contributed by atoms with van der Waals surface area (Å²) in [4.78, 5) is 35.2. The second-order valence-corrected chi connectivity index (χ2v) is 21.3. The fourth-order valence-electron chi connectivity index (χ4n) is 8.08. The van der Waals surface area contributed by atoms with Gasteiger partial charge in [-0.25, -0.2) is 4.57 Å². The van der Waals surface area contributed by atoms with E-state index in [4.69, 9.17) is 24.3 Å². The number of carbonyl (C=O) groups is 2. The van der Waals surface area contributed by atoms with E-state index in [1.807, 2.05) is 0 Å². The molecule has 0 spiro atoms. The van der Waals surface area contributed by atoms with Crippen LogP contribution in [0.5, 0.6) is 0 Å². The highest BCUT2D eigenvalue weighted by Gasteiger charge is 2.26. The van der Waals surface area contributed by atoms with E-state index in [-0.39, 0.29) is 32.6 Å². The quantitative estimate of drug-likeness (QED) is 0.0264. The summed E-state index contributed by atoms with van der Waals surface area (Å²) in [5.74, 6) is -0.869. The zero-order valence-electron chi connectivity index (χ0n) is 48.9. The molecule has 0 saturated heterocycles. The van der Waals surface area contributed by atoms with Gasteiger partial charge >= 0.3 is 19.8 Å². The molecule has 2 atom stereocenters. The number of rotatable bonds is 56.